The average molecular weight is 300 g/mol. The summed E-state index contributed by atoms with van der Waals surface area (Å²) in [6, 6.07) is 4.89. The second-order valence-corrected chi connectivity index (χ2v) is 5.66. The van der Waals surface area contributed by atoms with Crippen LogP contribution in [0.15, 0.2) is 22.7 Å². The van der Waals surface area contributed by atoms with E-state index >= 15 is 0 Å². The van der Waals surface area contributed by atoms with Crippen molar-refractivity contribution in [2.75, 3.05) is 0 Å². The van der Waals surface area contributed by atoms with Crippen LogP contribution in [-0.2, 0) is 10.2 Å². The van der Waals surface area contributed by atoms with Gasteiger partial charge in [0.05, 0.1) is 0 Å². The first-order valence-corrected chi connectivity index (χ1v) is 6.51. The lowest BCUT2D eigenvalue weighted by molar-refractivity contribution is -0.119. The highest BCUT2D eigenvalue weighted by Crippen LogP contribution is 2.39. The first kappa shape index (κ1) is 12.6. The Morgan fingerprint density at radius 1 is 1.59 bits per heavy atom. The molecule has 4 heteroatoms. The molecule has 1 amide bonds. The Morgan fingerprint density at radius 2 is 2.29 bits per heavy atom. The molecule has 1 aliphatic heterocycles. The highest BCUT2D eigenvalue weighted by Gasteiger charge is 2.44. The zero-order chi connectivity index (χ0) is 12.6. The lowest BCUT2D eigenvalue weighted by atomic mass is 9.75. The molecule has 2 nitrogen and oxygen atoms in total. The normalized spacial score (nSPS) is 28.2. The molecule has 0 aliphatic carbocycles. The van der Waals surface area contributed by atoms with Gasteiger partial charge in [0.15, 0.2) is 0 Å². The van der Waals surface area contributed by atoms with E-state index in [-0.39, 0.29) is 17.8 Å². The van der Waals surface area contributed by atoms with Crippen molar-refractivity contribution in [1.29, 1.82) is 0 Å². The van der Waals surface area contributed by atoms with Gasteiger partial charge in [-0.25, -0.2) is 4.39 Å². The van der Waals surface area contributed by atoms with Crippen LogP contribution in [0.4, 0.5) is 4.39 Å². The third kappa shape index (κ3) is 2.10. The highest BCUT2D eigenvalue weighted by atomic mass is 79.9. The van der Waals surface area contributed by atoms with E-state index in [1.807, 2.05) is 13.8 Å². The highest BCUT2D eigenvalue weighted by molar-refractivity contribution is 9.10. The fraction of sp³-hybridized carbons (Fsp3) is 0.462. The molecule has 0 bridgehead atoms. The summed E-state index contributed by atoms with van der Waals surface area (Å²) < 4.78 is 14.8. The summed E-state index contributed by atoms with van der Waals surface area (Å²) >= 11 is 3.35. The van der Waals surface area contributed by atoms with Gasteiger partial charge in [-0.15, -0.1) is 0 Å². The number of nitrogens with one attached hydrogen (secondary N) is 1. The molecule has 1 aromatic rings. The van der Waals surface area contributed by atoms with Crippen LogP contribution in [0, 0.1) is 5.82 Å². The van der Waals surface area contributed by atoms with E-state index in [0.29, 0.717) is 12.0 Å². The lowest BCUT2D eigenvalue weighted by Gasteiger charge is -2.30. The number of carbonyl (C=O) groups is 1. The van der Waals surface area contributed by atoms with Crippen molar-refractivity contribution in [3.8, 4) is 0 Å². The summed E-state index contributed by atoms with van der Waals surface area (Å²) in [4.78, 5) is 11.6. The summed E-state index contributed by atoms with van der Waals surface area (Å²) in [7, 11) is 0. The van der Waals surface area contributed by atoms with Crippen LogP contribution >= 0.6 is 15.9 Å². The van der Waals surface area contributed by atoms with Crippen molar-refractivity contribution in [3.05, 3.63) is 34.1 Å². The molecule has 1 fully saturated rings. The third-order valence-corrected chi connectivity index (χ3v) is 4.08. The van der Waals surface area contributed by atoms with Gasteiger partial charge in [-0.2, -0.15) is 0 Å². The van der Waals surface area contributed by atoms with Gasteiger partial charge in [0.2, 0.25) is 5.91 Å². The molecule has 1 saturated heterocycles. The maximum absolute atomic E-state index is 13.9. The Kier molecular flexibility index (Phi) is 3.25. The fourth-order valence-electron chi connectivity index (χ4n) is 2.63. The Hall–Kier alpha value is -0.900. The number of amides is 1. The van der Waals surface area contributed by atoms with E-state index in [4.69, 9.17) is 0 Å². The minimum Gasteiger partial charge on any atom is -0.352 e. The molecule has 92 valence electrons. The van der Waals surface area contributed by atoms with Crippen LogP contribution in [-0.4, -0.2) is 11.9 Å². The maximum Gasteiger partial charge on any atom is 0.221 e. The molecular weight excluding hydrogens is 285 g/mol. The monoisotopic (exact) mass is 299 g/mol. The number of carbonyl (C=O) groups excluding carboxylic acids is 1. The van der Waals surface area contributed by atoms with E-state index < -0.39 is 5.41 Å². The van der Waals surface area contributed by atoms with Gasteiger partial charge < -0.3 is 5.32 Å². The van der Waals surface area contributed by atoms with Crippen LogP contribution in [0.25, 0.3) is 0 Å². The van der Waals surface area contributed by atoms with Gasteiger partial charge >= 0.3 is 0 Å². The third-order valence-electron chi connectivity index (χ3n) is 3.58. The van der Waals surface area contributed by atoms with Crippen molar-refractivity contribution >= 4 is 21.8 Å². The molecular formula is C13H15BrFNO. The second kappa shape index (κ2) is 4.41. The average Bonchev–Trinajstić information content (AvgIpc) is 2.58. The molecule has 2 atom stereocenters. The quantitative estimate of drug-likeness (QED) is 0.893. The van der Waals surface area contributed by atoms with Crippen molar-refractivity contribution < 1.29 is 9.18 Å². The Morgan fingerprint density at radius 3 is 2.94 bits per heavy atom. The topological polar surface area (TPSA) is 29.1 Å². The van der Waals surface area contributed by atoms with E-state index in [9.17, 15) is 9.18 Å². The van der Waals surface area contributed by atoms with E-state index in [0.717, 1.165) is 10.9 Å². The zero-order valence-corrected chi connectivity index (χ0v) is 11.5. The fourth-order valence-corrected chi connectivity index (χ4v) is 2.99. The smallest absolute Gasteiger partial charge is 0.221 e. The molecule has 0 radical (unpaired) electrons. The molecule has 0 saturated carbocycles. The Balaban J connectivity index is 2.50. The van der Waals surface area contributed by atoms with Gasteiger partial charge in [0, 0.05) is 22.4 Å². The van der Waals surface area contributed by atoms with Crippen LogP contribution in [0.5, 0.6) is 0 Å². The summed E-state index contributed by atoms with van der Waals surface area (Å²) in [6.07, 6.45) is 1.15. The number of halogens is 2. The minimum atomic E-state index is -0.459. The summed E-state index contributed by atoms with van der Waals surface area (Å²) in [5.41, 5.74) is 0.150. The Bertz CT molecular complexity index is 463. The van der Waals surface area contributed by atoms with Crippen LogP contribution in [0.3, 0.4) is 0 Å². The molecule has 1 N–H and O–H groups in total. The number of hydrogen-bond acceptors (Lipinski definition) is 1. The number of rotatable bonds is 2. The number of hydrogen-bond donors (Lipinski definition) is 1. The summed E-state index contributed by atoms with van der Waals surface area (Å²) in [5, 5.41) is 2.92. The van der Waals surface area contributed by atoms with Gasteiger partial charge in [0.1, 0.15) is 5.82 Å². The largest absolute Gasteiger partial charge is 0.352 e. The second-order valence-electron chi connectivity index (χ2n) is 4.75. The molecule has 1 heterocycles. The van der Waals surface area contributed by atoms with E-state index in [1.165, 1.54) is 6.07 Å². The SMILES string of the molecule is CCC1NC(=O)CC1(C)c1cc(Br)ccc1F. The zero-order valence-electron chi connectivity index (χ0n) is 9.89. The molecule has 1 aromatic carbocycles. The summed E-state index contributed by atoms with van der Waals surface area (Å²) in [6.45, 7) is 3.95. The molecule has 17 heavy (non-hydrogen) atoms. The Labute approximate surface area is 109 Å². The van der Waals surface area contributed by atoms with Crippen molar-refractivity contribution in [3.63, 3.8) is 0 Å². The van der Waals surface area contributed by atoms with Crippen molar-refractivity contribution in [1.82, 2.24) is 5.32 Å². The predicted octanol–water partition coefficient (Wildman–Crippen LogP) is 3.14. The van der Waals surface area contributed by atoms with Crippen molar-refractivity contribution in [2.45, 2.75) is 38.1 Å². The van der Waals surface area contributed by atoms with Gasteiger partial charge in [-0.1, -0.05) is 29.8 Å². The molecule has 0 aromatic heterocycles. The van der Waals surface area contributed by atoms with Gasteiger partial charge in [-0.3, -0.25) is 4.79 Å². The molecule has 2 unspecified atom stereocenters. The minimum absolute atomic E-state index is 0.00111. The lowest BCUT2D eigenvalue weighted by Crippen LogP contribution is -2.38. The predicted molar refractivity (Wildman–Crippen MR) is 68.3 cm³/mol. The molecule has 1 aliphatic rings. The molecule has 0 spiro atoms. The maximum atomic E-state index is 13.9. The van der Waals surface area contributed by atoms with Gasteiger partial charge in [-0.05, 0) is 30.2 Å². The first-order valence-electron chi connectivity index (χ1n) is 5.72. The van der Waals surface area contributed by atoms with Crippen LogP contribution in [0.2, 0.25) is 0 Å². The first-order chi connectivity index (χ1) is 7.97. The number of benzene rings is 1. The van der Waals surface area contributed by atoms with Crippen LogP contribution < -0.4 is 5.32 Å². The summed E-state index contributed by atoms with van der Waals surface area (Å²) in [5.74, 6) is -0.246. The standard InChI is InChI=1S/C13H15BrFNO/c1-3-11-13(2,7-12(17)16-11)9-6-8(14)4-5-10(9)15/h4-6,11H,3,7H2,1-2H3,(H,16,17). The molecule has 2 rings (SSSR count). The van der Waals surface area contributed by atoms with Crippen LogP contribution in [0.1, 0.15) is 32.3 Å². The van der Waals surface area contributed by atoms with Crippen molar-refractivity contribution in [2.24, 2.45) is 0 Å². The van der Waals surface area contributed by atoms with E-state index in [2.05, 4.69) is 21.2 Å². The van der Waals surface area contributed by atoms with E-state index in [1.54, 1.807) is 12.1 Å². The van der Waals surface area contributed by atoms with Gasteiger partial charge in [0.25, 0.3) is 0 Å².